The third kappa shape index (κ3) is 41.6. The van der Waals surface area contributed by atoms with Crippen LogP contribution in [0.1, 0.15) is 181 Å². The van der Waals surface area contributed by atoms with Crippen LogP contribution in [0.15, 0.2) is 60.8 Å². The van der Waals surface area contributed by atoms with Crippen LogP contribution >= 0.6 is 7.82 Å². The van der Waals surface area contributed by atoms with E-state index in [4.69, 9.17) is 19.1 Å². The van der Waals surface area contributed by atoms with Crippen molar-refractivity contribution < 1.29 is 47.8 Å². The first-order chi connectivity index (χ1) is 27.7. The monoisotopic (exact) mass is 825 g/mol. The Morgan fingerprint density at radius 3 is 1.47 bits per heavy atom. The van der Waals surface area contributed by atoms with Gasteiger partial charge >= 0.3 is 19.8 Å². The van der Waals surface area contributed by atoms with Crippen molar-refractivity contribution in [3.05, 3.63) is 60.8 Å². The Morgan fingerprint density at radius 2 is 0.947 bits per heavy atom. The smallest absolute Gasteiger partial charge is 0.462 e. The minimum atomic E-state index is -4.63. The molecule has 0 amide bonds. The van der Waals surface area contributed by atoms with Crippen molar-refractivity contribution >= 4 is 19.8 Å². The number of phosphoric acid groups is 1. The van der Waals surface area contributed by atoms with Crippen LogP contribution in [0.4, 0.5) is 0 Å². The first-order valence-corrected chi connectivity index (χ1v) is 23.7. The van der Waals surface area contributed by atoms with Crippen LogP contribution in [0, 0.1) is 0 Å². The fourth-order valence-corrected chi connectivity index (χ4v) is 6.47. The summed E-state index contributed by atoms with van der Waals surface area (Å²) in [6, 6.07) is 0. The molecular formula is C46H81O10P. The minimum Gasteiger partial charge on any atom is -0.462 e. The molecule has 0 radical (unpaired) electrons. The molecule has 3 atom stereocenters. The molecule has 0 saturated heterocycles. The number of rotatable bonds is 41. The average Bonchev–Trinajstić information content (AvgIpc) is 3.20. The molecule has 0 fully saturated rings. The van der Waals surface area contributed by atoms with E-state index in [1.165, 1.54) is 77.0 Å². The number of allylic oxidation sites excluding steroid dienone is 10. The predicted molar refractivity (Wildman–Crippen MR) is 233 cm³/mol. The van der Waals surface area contributed by atoms with Crippen molar-refractivity contribution in [3.63, 3.8) is 0 Å². The van der Waals surface area contributed by atoms with E-state index in [2.05, 4.69) is 79.1 Å². The van der Waals surface area contributed by atoms with Crippen LogP contribution in [0.3, 0.4) is 0 Å². The molecule has 0 aliphatic carbocycles. The normalized spacial score (nSPS) is 14.4. The molecule has 3 N–H and O–H groups in total. The highest BCUT2D eigenvalue weighted by atomic mass is 31.2. The quantitative estimate of drug-likeness (QED) is 0.0235. The van der Waals surface area contributed by atoms with Crippen molar-refractivity contribution in [2.45, 2.75) is 193 Å². The number of esters is 2. The number of unbranched alkanes of at least 4 members (excludes halogenated alkanes) is 17. The largest absolute Gasteiger partial charge is 0.472 e. The molecule has 57 heavy (non-hydrogen) atoms. The Balaban J connectivity index is 4.34. The third-order valence-electron chi connectivity index (χ3n) is 9.13. The van der Waals surface area contributed by atoms with Crippen LogP contribution in [-0.4, -0.2) is 65.7 Å². The summed E-state index contributed by atoms with van der Waals surface area (Å²) >= 11 is 0. The first kappa shape index (κ1) is 54.7. The molecule has 0 bridgehead atoms. The number of aliphatic hydroxyl groups excluding tert-OH is 2. The summed E-state index contributed by atoms with van der Waals surface area (Å²) in [5.41, 5.74) is 0. The second kappa shape index (κ2) is 41.8. The van der Waals surface area contributed by atoms with E-state index in [9.17, 15) is 24.2 Å². The Bertz CT molecular complexity index is 1130. The molecule has 0 aliphatic rings. The molecule has 330 valence electrons. The zero-order valence-electron chi connectivity index (χ0n) is 35.8. The van der Waals surface area contributed by atoms with Crippen molar-refractivity contribution in [2.75, 3.05) is 26.4 Å². The maximum atomic E-state index is 12.6. The van der Waals surface area contributed by atoms with Crippen molar-refractivity contribution in [2.24, 2.45) is 0 Å². The maximum Gasteiger partial charge on any atom is 0.472 e. The number of carbonyl (C=O) groups is 2. The van der Waals surface area contributed by atoms with Gasteiger partial charge in [-0.05, 0) is 77.0 Å². The molecule has 1 unspecified atom stereocenters. The van der Waals surface area contributed by atoms with Crippen molar-refractivity contribution in [1.29, 1.82) is 0 Å². The number of carbonyl (C=O) groups excluding carboxylic acids is 2. The summed E-state index contributed by atoms with van der Waals surface area (Å²) < 4.78 is 32.7. The standard InChI is InChI=1S/C46H81O10P/c1-3-5-7-9-11-13-15-17-19-21-23-25-27-29-31-33-35-37-45(49)53-41-44(42-55-57(51,52)54-40-43(48)39-47)56-46(50)38-36-34-32-30-28-26-24-22-20-18-16-14-12-10-8-6-4-2/h8,10,13-16,20,22,26,28,43-44,47-48H,3-7,9,11-12,17-19,21,23-25,27,29-42H2,1-2H3,(H,51,52)/b10-8+,15-13+,16-14+,22-20+,28-26+/t43-,44+/m0/s1. The minimum absolute atomic E-state index is 0.144. The lowest BCUT2D eigenvalue weighted by atomic mass is 10.1. The van der Waals surface area contributed by atoms with Gasteiger partial charge in [-0.2, -0.15) is 0 Å². The van der Waals surface area contributed by atoms with Crippen LogP contribution in [0.5, 0.6) is 0 Å². The van der Waals surface area contributed by atoms with Gasteiger partial charge in [-0.25, -0.2) is 4.57 Å². The summed E-state index contributed by atoms with van der Waals surface area (Å²) in [5, 5.41) is 18.3. The Hall–Kier alpha value is -2.33. The topological polar surface area (TPSA) is 149 Å². The van der Waals surface area contributed by atoms with Gasteiger partial charge in [0.05, 0.1) is 19.8 Å². The molecule has 0 heterocycles. The van der Waals surface area contributed by atoms with Crippen molar-refractivity contribution in [3.8, 4) is 0 Å². The summed E-state index contributed by atoms with van der Waals surface area (Å²) in [6.07, 6.45) is 46.1. The lowest BCUT2D eigenvalue weighted by Gasteiger charge is -2.20. The van der Waals surface area contributed by atoms with Crippen LogP contribution < -0.4 is 0 Å². The molecule has 0 aliphatic heterocycles. The molecule has 0 rings (SSSR count). The second-order valence-corrected chi connectivity index (χ2v) is 16.2. The van der Waals surface area contributed by atoms with Gasteiger partial charge in [0.1, 0.15) is 12.7 Å². The number of hydrogen-bond acceptors (Lipinski definition) is 9. The van der Waals surface area contributed by atoms with Crippen molar-refractivity contribution in [1.82, 2.24) is 0 Å². The molecule has 11 heteroatoms. The van der Waals surface area contributed by atoms with E-state index < -0.39 is 51.8 Å². The molecule has 0 aromatic rings. The van der Waals surface area contributed by atoms with E-state index in [0.717, 1.165) is 64.2 Å². The van der Waals surface area contributed by atoms with Gasteiger partial charge < -0.3 is 24.6 Å². The van der Waals surface area contributed by atoms with E-state index in [-0.39, 0.29) is 19.4 Å². The molecular weight excluding hydrogens is 743 g/mol. The molecule has 0 aromatic carbocycles. The number of aliphatic hydroxyl groups is 2. The van der Waals surface area contributed by atoms with Crippen LogP contribution in [0.2, 0.25) is 0 Å². The lowest BCUT2D eigenvalue weighted by molar-refractivity contribution is -0.161. The predicted octanol–water partition coefficient (Wildman–Crippen LogP) is 11.9. The fraction of sp³-hybridized carbons (Fsp3) is 0.739. The van der Waals surface area contributed by atoms with Gasteiger partial charge in [-0.15, -0.1) is 0 Å². The zero-order valence-corrected chi connectivity index (χ0v) is 36.7. The Morgan fingerprint density at radius 1 is 0.526 bits per heavy atom. The zero-order chi connectivity index (χ0) is 41.9. The van der Waals surface area contributed by atoms with Crippen LogP contribution in [-0.2, 0) is 32.7 Å². The van der Waals surface area contributed by atoms with E-state index in [1.807, 2.05) is 0 Å². The molecule has 0 spiro atoms. The SMILES string of the molecule is CCC/C=C/C/C=C/C/C=C/C/C=C/CCCCCC(=O)O[C@H](COC(=O)CCCCCCCCCCC/C=C/CCCCCC)COP(=O)(O)OC[C@@H](O)CO. The molecule has 0 aromatic heterocycles. The van der Waals surface area contributed by atoms with Gasteiger partial charge in [0, 0.05) is 12.8 Å². The van der Waals surface area contributed by atoms with Gasteiger partial charge in [-0.3, -0.25) is 18.6 Å². The fourth-order valence-electron chi connectivity index (χ4n) is 5.68. The molecule has 0 saturated carbocycles. The van der Waals surface area contributed by atoms with Gasteiger partial charge in [0.2, 0.25) is 0 Å². The summed E-state index contributed by atoms with van der Waals surface area (Å²) in [6.45, 7) is 2.26. The second-order valence-electron chi connectivity index (χ2n) is 14.7. The third-order valence-corrected chi connectivity index (χ3v) is 10.1. The van der Waals surface area contributed by atoms with E-state index in [1.54, 1.807) is 0 Å². The van der Waals surface area contributed by atoms with E-state index in [0.29, 0.717) is 12.8 Å². The van der Waals surface area contributed by atoms with Gasteiger partial charge in [0.25, 0.3) is 0 Å². The van der Waals surface area contributed by atoms with Gasteiger partial charge in [-0.1, -0.05) is 152 Å². The highest BCUT2D eigenvalue weighted by Crippen LogP contribution is 2.43. The molecule has 10 nitrogen and oxygen atoms in total. The summed E-state index contributed by atoms with van der Waals surface area (Å²) in [7, 11) is -4.63. The highest BCUT2D eigenvalue weighted by Gasteiger charge is 2.27. The number of hydrogen-bond donors (Lipinski definition) is 3. The van der Waals surface area contributed by atoms with Crippen LogP contribution in [0.25, 0.3) is 0 Å². The Labute approximate surface area is 346 Å². The maximum absolute atomic E-state index is 12.6. The van der Waals surface area contributed by atoms with E-state index >= 15 is 0 Å². The summed E-state index contributed by atoms with van der Waals surface area (Å²) in [4.78, 5) is 35.0. The lowest BCUT2D eigenvalue weighted by Crippen LogP contribution is -2.29. The first-order valence-electron chi connectivity index (χ1n) is 22.2. The Kier molecular flexibility index (Phi) is 40.1. The number of ether oxygens (including phenoxy) is 2. The number of phosphoric ester groups is 1. The highest BCUT2D eigenvalue weighted by molar-refractivity contribution is 7.47. The average molecular weight is 825 g/mol. The summed E-state index contributed by atoms with van der Waals surface area (Å²) in [5.74, 6) is -0.965. The van der Waals surface area contributed by atoms with Gasteiger partial charge in [0.15, 0.2) is 6.10 Å².